The van der Waals surface area contributed by atoms with Gasteiger partial charge >= 0.3 is 5.97 Å². The summed E-state index contributed by atoms with van der Waals surface area (Å²) in [6, 6.07) is 0.389. The average molecular weight is 287 g/mol. The maximum Gasteiger partial charge on any atom is 0.309 e. The molecule has 4 nitrogen and oxygen atoms in total. The molecule has 110 valence electrons. The first-order valence-corrected chi connectivity index (χ1v) is 8.24. The number of thioether (sulfide) groups is 1. The van der Waals surface area contributed by atoms with Crippen molar-refractivity contribution in [2.24, 2.45) is 5.92 Å². The van der Waals surface area contributed by atoms with Crippen molar-refractivity contribution in [2.75, 3.05) is 18.6 Å². The Balaban J connectivity index is 2.05. The van der Waals surface area contributed by atoms with Crippen molar-refractivity contribution in [1.29, 1.82) is 0 Å². The number of carbonyl (C=O) groups excluding carboxylic acids is 2. The number of esters is 1. The molecule has 0 aliphatic heterocycles. The topological polar surface area (TPSA) is 55.4 Å². The zero-order chi connectivity index (χ0) is 14.1. The standard InChI is InChI=1S/C14H25NO3S/c1-11(14(17)18-2)10-19-9-8-13(16)15-12-6-4-3-5-7-12/h11-12H,3-10H2,1-2H3,(H,15,16). The van der Waals surface area contributed by atoms with Crippen LogP contribution in [0.15, 0.2) is 0 Å². The van der Waals surface area contributed by atoms with E-state index in [4.69, 9.17) is 0 Å². The van der Waals surface area contributed by atoms with Gasteiger partial charge in [-0.05, 0) is 12.8 Å². The van der Waals surface area contributed by atoms with Gasteiger partial charge in [0.1, 0.15) is 0 Å². The van der Waals surface area contributed by atoms with Gasteiger partial charge in [-0.1, -0.05) is 26.2 Å². The maximum atomic E-state index is 11.7. The molecular formula is C14H25NO3S. The van der Waals surface area contributed by atoms with Gasteiger partial charge in [-0.15, -0.1) is 0 Å². The Morgan fingerprint density at radius 1 is 1.32 bits per heavy atom. The largest absolute Gasteiger partial charge is 0.469 e. The summed E-state index contributed by atoms with van der Waals surface area (Å²) >= 11 is 1.63. The third kappa shape index (κ3) is 6.85. The predicted octanol–water partition coefficient (Wildman–Crippen LogP) is 2.37. The molecule has 0 aromatic heterocycles. The highest BCUT2D eigenvalue weighted by Crippen LogP contribution is 2.17. The Hall–Kier alpha value is -0.710. The molecule has 1 saturated carbocycles. The van der Waals surface area contributed by atoms with Crippen LogP contribution in [0.25, 0.3) is 0 Å². The molecule has 1 aliphatic carbocycles. The van der Waals surface area contributed by atoms with Crippen molar-refractivity contribution in [1.82, 2.24) is 5.32 Å². The van der Waals surface area contributed by atoms with E-state index >= 15 is 0 Å². The first-order chi connectivity index (χ1) is 9.13. The van der Waals surface area contributed by atoms with Crippen LogP contribution in [0.5, 0.6) is 0 Å². The van der Waals surface area contributed by atoms with E-state index in [-0.39, 0.29) is 17.8 Å². The maximum absolute atomic E-state index is 11.7. The van der Waals surface area contributed by atoms with Crippen molar-refractivity contribution < 1.29 is 14.3 Å². The van der Waals surface area contributed by atoms with Gasteiger partial charge in [-0.3, -0.25) is 9.59 Å². The molecule has 1 N–H and O–H groups in total. The van der Waals surface area contributed by atoms with Crippen molar-refractivity contribution in [3.63, 3.8) is 0 Å². The van der Waals surface area contributed by atoms with E-state index in [1.54, 1.807) is 11.8 Å². The third-order valence-electron chi connectivity index (χ3n) is 3.42. The van der Waals surface area contributed by atoms with E-state index in [0.717, 1.165) is 18.6 Å². The van der Waals surface area contributed by atoms with Crippen molar-refractivity contribution >= 4 is 23.6 Å². The molecule has 1 unspecified atom stereocenters. The zero-order valence-corrected chi connectivity index (χ0v) is 12.8. The lowest BCUT2D eigenvalue weighted by Crippen LogP contribution is -2.36. The normalized spacial score (nSPS) is 17.8. The molecule has 1 fully saturated rings. The van der Waals surface area contributed by atoms with Crippen LogP contribution in [0.4, 0.5) is 0 Å². The number of nitrogens with one attached hydrogen (secondary N) is 1. The number of rotatable bonds is 7. The highest BCUT2D eigenvalue weighted by atomic mass is 32.2. The summed E-state index contributed by atoms with van der Waals surface area (Å²) in [5.74, 6) is 1.34. The zero-order valence-electron chi connectivity index (χ0n) is 11.9. The van der Waals surface area contributed by atoms with Crippen LogP contribution in [0.2, 0.25) is 0 Å². The summed E-state index contributed by atoms with van der Waals surface area (Å²) < 4.78 is 4.66. The fourth-order valence-corrected chi connectivity index (χ4v) is 3.23. The number of hydrogen-bond acceptors (Lipinski definition) is 4. The van der Waals surface area contributed by atoms with E-state index in [2.05, 4.69) is 10.1 Å². The van der Waals surface area contributed by atoms with E-state index in [1.165, 1.54) is 26.4 Å². The molecular weight excluding hydrogens is 262 g/mol. The Labute approximate surface area is 120 Å². The molecule has 1 atom stereocenters. The highest BCUT2D eigenvalue weighted by molar-refractivity contribution is 7.99. The average Bonchev–Trinajstić information content (AvgIpc) is 2.43. The fraction of sp³-hybridized carbons (Fsp3) is 0.857. The molecule has 5 heteroatoms. The first kappa shape index (κ1) is 16.3. The molecule has 0 saturated heterocycles. The monoisotopic (exact) mass is 287 g/mol. The lowest BCUT2D eigenvalue weighted by atomic mass is 9.95. The van der Waals surface area contributed by atoms with Crippen molar-refractivity contribution in [3.8, 4) is 0 Å². The predicted molar refractivity (Wildman–Crippen MR) is 78.1 cm³/mol. The molecule has 0 radical (unpaired) electrons. The smallest absolute Gasteiger partial charge is 0.309 e. The summed E-state index contributed by atoms with van der Waals surface area (Å²) in [6.45, 7) is 1.85. The number of hydrogen-bond donors (Lipinski definition) is 1. The molecule has 1 rings (SSSR count). The Bertz CT molecular complexity index is 290. The second-order valence-electron chi connectivity index (χ2n) is 5.15. The summed E-state index contributed by atoms with van der Waals surface area (Å²) in [5, 5.41) is 3.10. The second-order valence-corrected chi connectivity index (χ2v) is 6.30. The van der Waals surface area contributed by atoms with Crippen LogP contribution in [0.1, 0.15) is 45.4 Å². The summed E-state index contributed by atoms with van der Waals surface area (Å²) in [5.41, 5.74) is 0. The molecule has 0 aromatic rings. The second kappa shape index (κ2) is 9.23. The minimum atomic E-state index is -0.181. The molecule has 19 heavy (non-hydrogen) atoms. The molecule has 1 amide bonds. The Morgan fingerprint density at radius 2 is 2.00 bits per heavy atom. The lowest BCUT2D eigenvalue weighted by Gasteiger charge is -2.22. The van der Waals surface area contributed by atoms with Crippen LogP contribution in [-0.2, 0) is 14.3 Å². The summed E-state index contributed by atoms with van der Waals surface area (Å²) in [4.78, 5) is 22.9. The minimum Gasteiger partial charge on any atom is -0.469 e. The number of amides is 1. The van der Waals surface area contributed by atoms with Crippen LogP contribution in [-0.4, -0.2) is 36.5 Å². The fourth-order valence-electron chi connectivity index (χ4n) is 2.24. The van der Waals surface area contributed by atoms with Gasteiger partial charge in [0.2, 0.25) is 5.91 Å². The van der Waals surface area contributed by atoms with Gasteiger partial charge in [0.15, 0.2) is 0 Å². The Kier molecular flexibility index (Phi) is 7.94. The molecule has 0 spiro atoms. The summed E-state index contributed by atoms with van der Waals surface area (Å²) in [6.07, 6.45) is 6.55. The number of methoxy groups -OCH3 is 1. The quantitative estimate of drug-likeness (QED) is 0.577. The number of carbonyl (C=O) groups is 2. The van der Waals surface area contributed by atoms with Crippen LogP contribution in [0.3, 0.4) is 0 Å². The number of ether oxygens (including phenoxy) is 1. The first-order valence-electron chi connectivity index (χ1n) is 7.08. The molecule has 0 heterocycles. The van der Waals surface area contributed by atoms with Gasteiger partial charge in [0.05, 0.1) is 13.0 Å². The van der Waals surface area contributed by atoms with E-state index in [9.17, 15) is 9.59 Å². The molecule has 0 bridgehead atoms. The van der Waals surface area contributed by atoms with Crippen LogP contribution >= 0.6 is 11.8 Å². The van der Waals surface area contributed by atoms with Gasteiger partial charge in [0, 0.05) is 24.0 Å². The summed E-state index contributed by atoms with van der Waals surface area (Å²) in [7, 11) is 1.40. The Morgan fingerprint density at radius 3 is 2.63 bits per heavy atom. The molecule has 1 aliphatic rings. The van der Waals surface area contributed by atoms with E-state index in [1.807, 2.05) is 6.92 Å². The van der Waals surface area contributed by atoms with Gasteiger partial charge in [-0.25, -0.2) is 0 Å². The third-order valence-corrected chi connectivity index (χ3v) is 4.64. The van der Waals surface area contributed by atoms with Crippen LogP contribution < -0.4 is 5.32 Å². The van der Waals surface area contributed by atoms with Crippen molar-refractivity contribution in [3.05, 3.63) is 0 Å². The van der Waals surface area contributed by atoms with E-state index < -0.39 is 0 Å². The van der Waals surface area contributed by atoms with E-state index in [0.29, 0.717) is 18.2 Å². The van der Waals surface area contributed by atoms with Gasteiger partial charge in [0.25, 0.3) is 0 Å². The molecule has 0 aromatic carbocycles. The van der Waals surface area contributed by atoms with Crippen LogP contribution in [0, 0.1) is 5.92 Å². The highest BCUT2D eigenvalue weighted by Gasteiger charge is 2.16. The SMILES string of the molecule is COC(=O)C(C)CSCCC(=O)NC1CCCCC1. The van der Waals surface area contributed by atoms with Gasteiger partial charge < -0.3 is 10.1 Å². The van der Waals surface area contributed by atoms with Gasteiger partial charge in [-0.2, -0.15) is 11.8 Å². The minimum absolute atomic E-state index is 0.101. The lowest BCUT2D eigenvalue weighted by molar-refractivity contribution is -0.144. The van der Waals surface area contributed by atoms with Crippen molar-refractivity contribution in [2.45, 2.75) is 51.5 Å².